The van der Waals surface area contributed by atoms with Gasteiger partial charge in [0.25, 0.3) is 0 Å². The predicted octanol–water partition coefficient (Wildman–Crippen LogP) is 1.69. The van der Waals surface area contributed by atoms with E-state index in [0.717, 1.165) is 0 Å². The van der Waals surface area contributed by atoms with Gasteiger partial charge in [0.1, 0.15) is 5.82 Å². The van der Waals surface area contributed by atoms with E-state index < -0.39 is 17.9 Å². The third-order valence-corrected chi connectivity index (χ3v) is 2.48. The van der Waals surface area contributed by atoms with Crippen molar-refractivity contribution in [3.05, 3.63) is 35.1 Å². The zero-order valence-corrected chi connectivity index (χ0v) is 8.12. The van der Waals surface area contributed by atoms with E-state index in [2.05, 4.69) is 4.74 Å². The Morgan fingerprint density at radius 2 is 2.13 bits per heavy atom. The molecule has 0 N–H and O–H groups in total. The molecular weight excluding hydrogens is 199 g/mol. The van der Waals surface area contributed by atoms with Crippen molar-refractivity contribution in [3.8, 4) is 0 Å². The maximum absolute atomic E-state index is 12.8. The Morgan fingerprint density at radius 3 is 2.67 bits per heavy atom. The van der Waals surface area contributed by atoms with Gasteiger partial charge in [0, 0.05) is 0 Å². The Bertz CT molecular complexity index is 439. The van der Waals surface area contributed by atoms with Gasteiger partial charge in [0.05, 0.1) is 12.3 Å². The third-order valence-electron chi connectivity index (χ3n) is 2.48. The second kappa shape index (κ2) is 3.46. The van der Waals surface area contributed by atoms with Crippen molar-refractivity contribution in [2.24, 2.45) is 0 Å². The molecule has 1 aliphatic heterocycles. The standard InChI is InChI=1S/C11H9FO3/c1-6-4-7(12)2-3-8(6)9-5-10(13)15-11(9)14/h2-4,9H,5H2,1H3. The van der Waals surface area contributed by atoms with E-state index >= 15 is 0 Å². The zero-order valence-electron chi connectivity index (χ0n) is 8.12. The summed E-state index contributed by atoms with van der Waals surface area (Å²) in [6.07, 6.45) is 0.0469. The number of halogens is 1. The average Bonchev–Trinajstić information content (AvgIpc) is 2.45. The van der Waals surface area contributed by atoms with Gasteiger partial charge in [-0.1, -0.05) is 6.07 Å². The number of rotatable bonds is 1. The van der Waals surface area contributed by atoms with Crippen LogP contribution in [0.2, 0.25) is 0 Å². The fourth-order valence-corrected chi connectivity index (χ4v) is 1.74. The highest BCUT2D eigenvalue weighted by Crippen LogP contribution is 2.29. The Morgan fingerprint density at radius 1 is 1.40 bits per heavy atom. The van der Waals surface area contributed by atoms with Gasteiger partial charge in [-0.2, -0.15) is 0 Å². The number of hydrogen-bond acceptors (Lipinski definition) is 3. The summed E-state index contributed by atoms with van der Waals surface area (Å²) in [5, 5.41) is 0. The lowest BCUT2D eigenvalue weighted by Gasteiger charge is -2.08. The molecule has 0 saturated carbocycles. The Hall–Kier alpha value is -1.71. The topological polar surface area (TPSA) is 43.4 Å². The summed E-state index contributed by atoms with van der Waals surface area (Å²) in [5.41, 5.74) is 1.32. The number of carbonyl (C=O) groups excluding carboxylic acids is 2. The second-order valence-electron chi connectivity index (χ2n) is 3.55. The van der Waals surface area contributed by atoms with Gasteiger partial charge < -0.3 is 4.74 Å². The lowest BCUT2D eigenvalue weighted by Crippen LogP contribution is -2.07. The van der Waals surface area contributed by atoms with Crippen LogP contribution in [0.15, 0.2) is 18.2 Å². The van der Waals surface area contributed by atoms with Crippen molar-refractivity contribution in [3.63, 3.8) is 0 Å². The van der Waals surface area contributed by atoms with Gasteiger partial charge in [-0.3, -0.25) is 9.59 Å². The monoisotopic (exact) mass is 208 g/mol. The van der Waals surface area contributed by atoms with Crippen molar-refractivity contribution in [2.45, 2.75) is 19.3 Å². The number of hydrogen-bond donors (Lipinski definition) is 0. The lowest BCUT2D eigenvalue weighted by atomic mass is 9.93. The molecule has 1 atom stereocenters. The Kier molecular flexibility index (Phi) is 2.26. The fourth-order valence-electron chi connectivity index (χ4n) is 1.74. The van der Waals surface area contributed by atoms with Gasteiger partial charge >= 0.3 is 11.9 Å². The molecule has 0 bridgehead atoms. The highest BCUT2D eigenvalue weighted by molar-refractivity contribution is 5.98. The highest BCUT2D eigenvalue weighted by atomic mass is 19.1. The van der Waals surface area contributed by atoms with Crippen molar-refractivity contribution >= 4 is 11.9 Å². The molecule has 2 rings (SSSR count). The van der Waals surface area contributed by atoms with Crippen LogP contribution in [-0.2, 0) is 14.3 Å². The molecule has 1 fully saturated rings. The van der Waals surface area contributed by atoms with Crippen LogP contribution >= 0.6 is 0 Å². The van der Waals surface area contributed by atoms with Gasteiger partial charge in [-0.25, -0.2) is 4.39 Å². The molecule has 1 aromatic carbocycles. The number of carbonyl (C=O) groups is 2. The number of benzene rings is 1. The van der Waals surface area contributed by atoms with Crippen LogP contribution in [0.1, 0.15) is 23.5 Å². The fraction of sp³-hybridized carbons (Fsp3) is 0.273. The average molecular weight is 208 g/mol. The van der Waals surface area contributed by atoms with Gasteiger partial charge in [0.15, 0.2) is 0 Å². The van der Waals surface area contributed by atoms with Crippen molar-refractivity contribution in [1.29, 1.82) is 0 Å². The van der Waals surface area contributed by atoms with Crippen LogP contribution in [0.5, 0.6) is 0 Å². The van der Waals surface area contributed by atoms with Crippen LogP contribution in [0, 0.1) is 12.7 Å². The molecule has 78 valence electrons. The smallest absolute Gasteiger partial charge is 0.321 e. The minimum absolute atomic E-state index is 0.0469. The van der Waals surface area contributed by atoms with E-state index in [1.165, 1.54) is 18.2 Å². The van der Waals surface area contributed by atoms with Crippen LogP contribution in [0.3, 0.4) is 0 Å². The highest BCUT2D eigenvalue weighted by Gasteiger charge is 2.35. The summed E-state index contributed by atoms with van der Waals surface area (Å²) in [6, 6.07) is 4.14. The quantitative estimate of drug-likeness (QED) is 0.521. The molecule has 0 spiro atoms. The number of esters is 2. The second-order valence-corrected chi connectivity index (χ2v) is 3.55. The normalized spacial score (nSPS) is 20.5. The minimum atomic E-state index is -0.571. The molecule has 1 heterocycles. The van der Waals surface area contributed by atoms with E-state index in [-0.39, 0.29) is 12.2 Å². The van der Waals surface area contributed by atoms with E-state index in [1.54, 1.807) is 6.92 Å². The first-order valence-electron chi connectivity index (χ1n) is 4.58. The van der Waals surface area contributed by atoms with Crippen LogP contribution < -0.4 is 0 Å². The lowest BCUT2D eigenvalue weighted by molar-refractivity contribution is -0.152. The summed E-state index contributed by atoms with van der Waals surface area (Å²) in [7, 11) is 0. The number of ether oxygens (including phenoxy) is 1. The maximum Gasteiger partial charge on any atom is 0.321 e. The Labute approximate surface area is 85.9 Å². The third kappa shape index (κ3) is 1.75. The molecule has 0 aromatic heterocycles. The van der Waals surface area contributed by atoms with Crippen molar-refractivity contribution < 1.29 is 18.7 Å². The largest absolute Gasteiger partial charge is 0.393 e. The van der Waals surface area contributed by atoms with Crippen LogP contribution in [0.25, 0.3) is 0 Å². The summed E-state index contributed by atoms with van der Waals surface area (Å²) < 4.78 is 17.3. The number of aryl methyl sites for hydroxylation is 1. The minimum Gasteiger partial charge on any atom is -0.393 e. The van der Waals surface area contributed by atoms with Crippen molar-refractivity contribution in [1.82, 2.24) is 0 Å². The van der Waals surface area contributed by atoms with E-state index in [4.69, 9.17) is 0 Å². The summed E-state index contributed by atoms with van der Waals surface area (Å²) in [4.78, 5) is 22.2. The van der Waals surface area contributed by atoms with Crippen LogP contribution in [0.4, 0.5) is 4.39 Å². The van der Waals surface area contributed by atoms with E-state index in [0.29, 0.717) is 11.1 Å². The molecule has 0 amide bonds. The van der Waals surface area contributed by atoms with E-state index in [1.807, 2.05) is 0 Å². The van der Waals surface area contributed by atoms with Crippen LogP contribution in [-0.4, -0.2) is 11.9 Å². The molecular formula is C11H9FO3. The Balaban J connectivity index is 2.38. The van der Waals surface area contributed by atoms with Gasteiger partial charge in [-0.05, 0) is 30.2 Å². The van der Waals surface area contributed by atoms with Gasteiger partial charge in [0.2, 0.25) is 0 Å². The molecule has 1 aromatic rings. The molecule has 1 unspecified atom stereocenters. The SMILES string of the molecule is Cc1cc(F)ccc1C1CC(=O)OC1=O. The molecule has 4 heteroatoms. The first kappa shape index (κ1) is 9.83. The van der Waals surface area contributed by atoms with Crippen molar-refractivity contribution in [2.75, 3.05) is 0 Å². The maximum atomic E-state index is 12.8. The van der Waals surface area contributed by atoms with Gasteiger partial charge in [-0.15, -0.1) is 0 Å². The summed E-state index contributed by atoms with van der Waals surface area (Å²) in [5.74, 6) is -1.99. The molecule has 15 heavy (non-hydrogen) atoms. The van der Waals surface area contributed by atoms with E-state index in [9.17, 15) is 14.0 Å². The summed E-state index contributed by atoms with van der Waals surface area (Å²) in [6.45, 7) is 1.70. The molecule has 0 aliphatic carbocycles. The number of cyclic esters (lactones) is 2. The summed E-state index contributed by atoms with van der Waals surface area (Å²) >= 11 is 0. The molecule has 3 nitrogen and oxygen atoms in total. The molecule has 1 saturated heterocycles. The zero-order chi connectivity index (χ0) is 11.0. The first-order chi connectivity index (χ1) is 7.08. The molecule has 1 aliphatic rings. The first-order valence-corrected chi connectivity index (χ1v) is 4.58. The molecule has 0 radical (unpaired) electrons. The predicted molar refractivity (Wildman–Crippen MR) is 49.6 cm³/mol.